The number of thiophene rings is 1. The van der Waals surface area contributed by atoms with Crippen LogP contribution in [0, 0.1) is 20.8 Å². The summed E-state index contributed by atoms with van der Waals surface area (Å²) in [7, 11) is 0. The molecule has 0 aliphatic rings. The van der Waals surface area contributed by atoms with Gasteiger partial charge in [0, 0.05) is 28.2 Å². The molecule has 0 radical (unpaired) electrons. The second-order valence-electron chi connectivity index (χ2n) is 5.81. The molecule has 1 unspecified atom stereocenters. The van der Waals surface area contributed by atoms with E-state index in [2.05, 4.69) is 10.3 Å². The fourth-order valence-corrected chi connectivity index (χ4v) is 4.30. The molecular formula is C17H20N2O4S2. The number of ketones is 1. The third-order valence-electron chi connectivity index (χ3n) is 3.68. The summed E-state index contributed by atoms with van der Waals surface area (Å²) in [6.07, 6.45) is 0.237. The summed E-state index contributed by atoms with van der Waals surface area (Å²) < 4.78 is 0. The Labute approximate surface area is 153 Å². The van der Waals surface area contributed by atoms with E-state index in [0.29, 0.717) is 16.3 Å². The zero-order chi connectivity index (χ0) is 18.7. The quantitative estimate of drug-likeness (QED) is 0.715. The van der Waals surface area contributed by atoms with Gasteiger partial charge in [-0.1, -0.05) is 0 Å². The standard InChI is InChI=1S/C17H20N2O4S2/c1-8-7-12(11(4)24-8)13(20)5-6-14(21)18-10(3)16-19-9(2)15(25-16)17(22)23/h7,10H,5-6H2,1-4H3,(H,18,21)(H,22,23). The Morgan fingerprint density at radius 2 is 1.88 bits per heavy atom. The number of hydrogen-bond donors (Lipinski definition) is 2. The Morgan fingerprint density at radius 3 is 2.40 bits per heavy atom. The number of nitrogens with one attached hydrogen (secondary N) is 1. The summed E-state index contributed by atoms with van der Waals surface area (Å²) in [4.78, 5) is 41.8. The zero-order valence-electron chi connectivity index (χ0n) is 14.5. The van der Waals surface area contributed by atoms with Crippen molar-refractivity contribution in [3.8, 4) is 0 Å². The highest BCUT2D eigenvalue weighted by Gasteiger charge is 2.20. The molecule has 2 rings (SSSR count). The van der Waals surface area contributed by atoms with Gasteiger partial charge in [0.15, 0.2) is 5.78 Å². The first-order valence-electron chi connectivity index (χ1n) is 7.79. The number of carboxylic acids is 1. The molecular weight excluding hydrogens is 360 g/mol. The van der Waals surface area contributed by atoms with E-state index in [9.17, 15) is 14.4 Å². The van der Waals surface area contributed by atoms with Crippen LogP contribution in [0.15, 0.2) is 6.07 Å². The lowest BCUT2D eigenvalue weighted by Gasteiger charge is -2.11. The van der Waals surface area contributed by atoms with E-state index in [-0.39, 0.29) is 29.4 Å². The van der Waals surface area contributed by atoms with Gasteiger partial charge in [-0.2, -0.15) is 0 Å². The topological polar surface area (TPSA) is 96.4 Å². The first kappa shape index (κ1) is 19.3. The molecule has 1 amide bonds. The molecule has 2 N–H and O–H groups in total. The van der Waals surface area contributed by atoms with Crippen molar-refractivity contribution in [1.82, 2.24) is 10.3 Å². The number of aromatic carboxylic acids is 1. The van der Waals surface area contributed by atoms with Crippen molar-refractivity contribution >= 4 is 40.3 Å². The number of carbonyl (C=O) groups excluding carboxylic acids is 2. The van der Waals surface area contributed by atoms with Crippen LogP contribution in [0.2, 0.25) is 0 Å². The predicted octanol–water partition coefficient (Wildman–Crippen LogP) is 3.67. The van der Waals surface area contributed by atoms with Crippen molar-refractivity contribution < 1.29 is 19.5 Å². The molecule has 0 fully saturated rings. The van der Waals surface area contributed by atoms with Crippen LogP contribution in [0.1, 0.15) is 66.3 Å². The van der Waals surface area contributed by atoms with Crippen LogP contribution in [-0.4, -0.2) is 27.8 Å². The lowest BCUT2D eigenvalue weighted by atomic mass is 10.1. The summed E-state index contributed by atoms with van der Waals surface area (Å²) in [5.74, 6) is -1.31. The monoisotopic (exact) mass is 380 g/mol. The lowest BCUT2D eigenvalue weighted by molar-refractivity contribution is -0.121. The number of nitrogens with zero attached hydrogens (tertiary/aromatic N) is 1. The smallest absolute Gasteiger partial charge is 0.347 e. The number of aryl methyl sites for hydroxylation is 3. The van der Waals surface area contributed by atoms with Crippen LogP contribution in [0.3, 0.4) is 0 Å². The van der Waals surface area contributed by atoms with Crippen molar-refractivity contribution in [2.24, 2.45) is 0 Å². The van der Waals surface area contributed by atoms with Gasteiger partial charge in [-0.15, -0.1) is 22.7 Å². The van der Waals surface area contributed by atoms with Crippen molar-refractivity contribution in [3.05, 3.63) is 37.0 Å². The molecule has 25 heavy (non-hydrogen) atoms. The Hall–Kier alpha value is -2.06. The molecule has 2 heterocycles. The molecule has 0 bridgehead atoms. The van der Waals surface area contributed by atoms with Crippen LogP contribution < -0.4 is 5.32 Å². The van der Waals surface area contributed by atoms with Gasteiger partial charge in [-0.05, 0) is 33.8 Å². The number of rotatable bonds is 7. The number of thiazole rings is 1. The van der Waals surface area contributed by atoms with Gasteiger partial charge in [0.1, 0.15) is 9.88 Å². The molecule has 134 valence electrons. The third-order valence-corrected chi connectivity index (χ3v) is 5.97. The maximum Gasteiger partial charge on any atom is 0.347 e. The van der Waals surface area contributed by atoms with Gasteiger partial charge in [0.05, 0.1) is 11.7 Å². The molecule has 2 aromatic rings. The molecule has 0 saturated heterocycles. The summed E-state index contributed by atoms with van der Waals surface area (Å²) in [5.41, 5.74) is 1.12. The Balaban J connectivity index is 1.91. The fourth-order valence-electron chi connectivity index (χ4n) is 2.45. The third kappa shape index (κ3) is 4.73. The van der Waals surface area contributed by atoms with Crippen LogP contribution >= 0.6 is 22.7 Å². The van der Waals surface area contributed by atoms with Crippen molar-refractivity contribution in [1.29, 1.82) is 0 Å². The molecule has 6 nitrogen and oxygen atoms in total. The van der Waals surface area contributed by atoms with Gasteiger partial charge in [-0.3, -0.25) is 9.59 Å². The number of carbonyl (C=O) groups is 3. The van der Waals surface area contributed by atoms with Gasteiger partial charge in [0.25, 0.3) is 0 Å². The summed E-state index contributed by atoms with van der Waals surface area (Å²) in [6.45, 7) is 7.22. The number of amides is 1. The molecule has 2 aromatic heterocycles. The number of carboxylic acid groups (broad SMARTS) is 1. The zero-order valence-corrected chi connectivity index (χ0v) is 16.1. The Kier molecular flexibility index (Phi) is 6.07. The minimum Gasteiger partial charge on any atom is -0.477 e. The largest absolute Gasteiger partial charge is 0.477 e. The van der Waals surface area contributed by atoms with E-state index in [1.54, 1.807) is 25.2 Å². The second-order valence-corrected chi connectivity index (χ2v) is 8.30. The van der Waals surface area contributed by atoms with Gasteiger partial charge >= 0.3 is 5.97 Å². The van der Waals surface area contributed by atoms with E-state index in [0.717, 1.165) is 21.1 Å². The molecule has 0 aromatic carbocycles. The average Bonchev–Trinajstić information content (AvgIpc) is 3.07. The van der Waals surface area contributed by atoms with Crippen molar-refractivity contribution in [3.63, 3.8) is 0 Å². The van der Waals surface area contributed by atoms with E-state index in [4.69, 9.17) is 5.11 Å². The number of aromatic nitrogens is 1. The minimum atomic E-state index is -1.02. The van der Waals surface area contributed by atoms with Crippen LogP contribution in [0.25, 0.3) is 0 Å². The van der Waals surface area contributed by atoms with Gasteiger partial charge in [0.2, 0.25) is 5.91 Å². The molecule has 1 atom stereocenters. The van der Waals surface area contributed by atoms with Crippen LogP contribution in [0.4, 0.5) is 0 Å². The number of hydrogen-bond acceptors (Lipinski definition) is 6. The Bertz CT molecular complexity index is 823. The summed E-state index contributed by atoms with van der Waals surface area (Å²) in [6, 6.07) is 1.46. The molecule has 0 saturated carbocycles. The van der Waals surface area contributed by atoms with Crippen molar-refractivity contribution in [2.75, 3.05) is 0 Å². The number of Topliss-reactive ketones (excluding diaryl/α,β-unsaturated/α-hetero) is 1. The normalized spacial score (nSPS) is 12.0. The highest BCUT2D eigenvalue weighted by atomic mass is 32.1. The maximum atomic E-state index is 12.2. The first-order chi connectivity index (χ1) is 11.7. The van der Waals surface area contributed by atoms with E-state index in [1.807, 2.05) is 19.9 Å². The molecule has 8 heteroatoms. The van der Waals surface area contributed by atoms with Gasteiger partial charge in [-0.25, -0.2) is 9.78 Å². The highest BCUT2D eigenvalue weighted by Crippen LogP contribution is 2.24. The van der Waals surface area contributed by atoms with Crippen molar-refractivity contribution in [2.45, 2.75) is 46.6 Å². The van der Waals surface area contributed by atoms with Gasteiger partial charge < -0.3 is 10.4 Å². The molecule has 0 aliphatic carbocycles. The molecule has 0 aliphatic heterocycles. The summed E-state index contributed by atoms with van der Waals surface area (Å²) >= 11 is 2.62. The fraction of sp³-hybridized carbons (Fsp3) is 0.412. The molecule has 0 spiro atoms. The predicted molar refractivity (Wildman–Crippen MR) is 97.7 cm³/mol. The van der Waals surface area contributed by atoms with Crippen LogP contribution in [0.5, 0.6) is 0 Å². The van der Waals surface area contributed by atoms with E-state index >= 15 is 0 Å². The summed E-state index contributed by atoms with van der Waals surface area (Å²) in [5, 5.41) is 12.4. The lowest BCUT2D eigenvalue weighted by Crippen LogP contribution is -2.26. The minimum absolute atomic E-state index is 0.0390. The first-order valence-corrected chi connectivity index (χ1v) is 9.42. The van der Waals surface area contributed by atoms with E-state index in [1.165, 1.54) is 0 Å². The maximum absolute atomic E-state index is 12.2. The average molecular weight is 380 g/mol. The van der Waals surface area contributed by atoms with E-state index < -0.39 is 12.0 Å². The highest BCUT2D eigenvalue weighted by molar-refractivity contribution is 7.13. The second kappa shape index (κ2) is 7.88. The van der Waals surface area contributed by atoms with Crippen LogP contribution in [-0.2, 0) is 4.79 Å². The SMILES string of the molecule is Cc1cc(C(=O)CCC(=O)NC(C)c2nc(C)c(C(=O)O)s2)c(C)s1. The Morgan fingerprint density at radius 1 is 1.20 bits per heavy atom.